The van der Waals surface area contributed by atoms with Crippen molar-refractivity contribution in [1.29, 1.82) is 0 Å². The SMILES string of the molecule is CC1=CCC(C2(C)CO2)CC1O. The first-order chi connectivity index (χ1) is 5.62. The average Bonchev–Trinajstić information content (AvgIpc) is 2.75. The molecule has 0 aromatic heterocycles. The Bertz CT molecular complexity index is 216. The molecular weight excluding hydrogens is 152 g/mol. The fourth-order valence-corrected chi connectivity index (χ4v) is 1.86. The summed E-state index contributed by atoms with van der Waals surface area (Å²) in [5.74, 6) is 0.524. The van der Waals surface area contributed by atoms with Crippen molar-refractivity contribution in [2.45, 2.75) is 38.4 Å². The Hall–Kier alpha value is -0.340. The topological polar surface area (TPSA) is 32.8 Å². The van der Waals surface area contributed by atoms with Crippen LogP contribution in [0.25, 0.3) is 0 Å². The highest BCUT2D eigenvalue weighted by atomic mass is 16.6. The van der Waals surface area contributed by atoms with Crippen LogP contribution in [-0.2, 0) is 4.74 Å². The van der Waals surface area contributed by atoms with Crippen molar-refractivity contribution in [3.05, 3.63) is 11.6 Å². The van der Waals surface area contributed by atoms with Gasteiger partial charge >= 0.3 is 0 Å². The van der Waals surface area contributed by atoms with Crippen molar-refractivity contribution in [2.75, 3.05) is 6.61 Å². The molecule has 2 aliphatic rings. The quantitative estimate of drug-likeness (QED) is 0.475. The summed E-state index contributed by atoms with van der Waals surface area (Å²) in [5, 5.41) is 9.62. The Morgan fingerprint density at radius 2 is 2.33 bits per heavy atom. The van der Waals surface area contributed by atoms with Crippen LogP contribution in [0.2, 0.25) is 0 Å². The number of epoxide rings is 1. The average molecular weight is 168 g/mol. The van der Waals surface area contributed by atoms with Gasteiger partial charge in [-0.05, 0) is 38.2 Å². The van der Waals surface area contributed by atoms with Crippen LogP contribution in [0, 0.1) is 5.92 Å². The van der Waals surface area contributed by atoms with Crippen LogP contribution in [-0.4, -0.2) is 23.4 Å². The van der Waals surface area contributed by atoms with E-state index in [1.165, 1.54) is 0 Å². The monoisotopic (exact) mass is 168 g/mol. The molecule has 1 aliphatic heterocycles. The van der Waals surface area contributed by atoms with Crippen molar-refractivity contribution in [2.24, 2.45) is 5.92 Å². The zero-order valence-corrected chi connectivity index (χ0v) is 7.71. The molecule has 1 fully saturated rings. The third kappa shape index (κ3) is 1.29. The van der Waals surface area contributed by atoms with Crippen LogP contribution in [0.5, 0.6) is 0 Å². The van der Waals surface area contributed by atoms with Crippen molar-refractivity contribution < 1.29 is 9.84 Å². The maximum absolute atomic E-state index is 9.62. The smallest absolute Gasteiger partial charge is 0.0920 e. The summed E-state index contributed by atoms with van der Waals surface area (Å²) >= 11 is 0. The van der Waals surface area contributed by atoms with Gasteiger partial charge in [0.05, 0.1) is 18.3 Å². The molecule has 0 spiro atoms. The number of hydrogen-bond donors (Lipinski definition) is 1. The van der Waals surface area contributed by atoms with E-state index < -0.39 is 0 Å². The summed E-state index contributed by atoms with van der Waals surface area (Å²) in [6, 6.07) is 0. The second kappa shape index (κ2) is 2.57. The van der Waals surface area contributed by atoms with Crippen molar-refractivity contribution in [3.63, 3.8) is 0 Å². The number of rotatable bonds is 1. The molecule has 0 radical (unpaired) electrons. The highest BCUT2D eigenvalue weighted by Crippen LogP contribution is 2.42. The number of allylic oxidation sites excluding steroid dienone is 1. The van der Waals surface area contributed by atoms with Crippen LogP contribution in [0.4, 0.5) is 0 Å². The minimum atomic E-state index is -0.232. The zero-order chi connectivity index (χ0) is 8.77. The Labute approximate surface area is 73.2 Å². The molecule has 0 aromatic rings. The van der Waals surface area contributed by atoms with Crippen LogP contribution in [0.3, 0.4) is 0 Å². The number of hydrogen-bond acceptors (Lipinski definition) is 2. The van der Waals surface area contributed by atoms with Gasteiger partial charge in [-0.15, -0.1) is 0 Å². The Morgan fingerprint density at radius 1 is 1.67 bits per heavy atom. The molecule has 3 atom stereocenters. The van der Waals surface area contributed by atoms with E-state index in [4.69, 9.17) is 4.74 Å². The minimum absolute atomic E-state index is 0.0815. The Balaban J connectivity index is 2.04. The third-order valence-corrected chi connectivity index (χ3v) is 3.22. The molecule has 68 valence electrons. The summed E-state index contributed by atoms with van der Waals surface area (Å²) in [7, 11) is 0. The van der Waals surface area contributed by atoms with Gasteiger partial charge in [-0.2, -0.15) is 0 Å². The van der Waals surface area contributed by atoms with Crippen molar-refractivity contribution >= 4 is 0 Å². The molecule has 1 aliphatic carbocycles. The lowest BCUT2D eigenvalue weighted by molar-refractivity contribution is 0.126. The molecule has 0 saturated carbocycles. The third-order valence-electron chi connectivity index (χ3n) is 3.22. The second-order valence-electron chi connectivity index (χ2n) is 4.23. The van der Waals surface area contributed by atoms with Crippen LogP contribution in [0.15, 0.2) is 11.6 Å². The van der Waals surface area contributed by atoms with Gasteiger partial charge in [0.15, 0.2) is 0 Å². The van der Waals surface area contributed by atoms with E-state index in [2.05, 4.69) is 13.0 Å². The van der Waals surface area contributed by atoms with E-state index in [-0.39, 0.29) is 11.7 Å². The van der Waals surface area contributed by atoms with Gasteiger partial charge in [0.2, 0.25) is 0 Å². The molecule has 2 nitrogen and oxygen atoms in total. The summed E-state index contributed by atoms with van der Waals surface area (Å²) in [4.78, 5) is 0. The molecule has 3 unspecified atom stereocenters. The maximum Gasteiger partial charge on any atom is 0.0920 e. The summed E-state index contributed by atoms with van der Waals surface area (Å²) < 4.78 is 5.38. The summed E-state index contributed by atoms with van der Waals surface area (Å²) in [5.41, 5.74) is 1.20. The Morgan fingerprint density at radius 3 is 2.83 bits per heavy atom. The van der Waals surface area contributed by atoms with E-state index in [1.54, 1.807) is 0 Å². The van der Waals surface area contributed by atoms with Gasteiger partial charge in [0.25, 0.3) is 0 Å². The molecule has 0 aromatic carbocycles. The summed E-state index contributed by atoms with van der Waals surface area (Å²) in [6.07, 6.45) is 3.86. The fraction of sp³-hybridized carbons (Fsp3) is 0.800. The number of aliphatic hydroxyl groups excluding tert-OH is 1. The lowest BCUT2D eigenvalue weighted by Crippen LogP contribution is -2.28. The lowest BCUT2D eigenvalue weighted by atomic mass is 9.80. The second-order valence-corrected chi connectivity index (χ2v) is 4.23. The van der Waals surface area contributed by atoms with Gasteiger partial charge in [0.1, 0.15) is 0 Å². The largest absolute Gasteiger partial charge is 0.389 e. The van der Waals surface area contributed by atoms with Crippen LogP contribution < -0.4 is 0 Å². The molecule has 12 heavy (non-hydrogen) atoms. The predicted octanol–water partition coefficient (Wildman–Crippen LogP) is 1.49. The van der Waals surface area contributed by atoms with Gasteiger partial charge in [-0.25, -0.2) is 0 Å². The molecule has 0 amide bonds. The van der Waals surface area contributed by atoms with E-state index in [0.29, 0.717) is 5.92 Å². The molecule has 1 heterocycles. The fourth-order valence-electron chi connectivity index (χ4n) is 1.86. The van der Waals surface area contributed by atoms with Crippen molar-refractivity contribution in [3.8, 4) is 0 Å². The molecule has 0 bridgehead atoms. The first-order valence-electron chi connectivity index (χ1n) is 4.60. The Kier molecular flexibility index (Phi) is 1.77. The standard InChI is InChI=1S/C10H16O2/c1-7-3-4-8(5-9(7)11)10(2)6-12-10/h3,8-9,11H,4-6H2,1-2H3. The van der Waals surface area contributed by atoms with Crippen LogP contribution in [0.1, 0.15) is 26.7 Å². The zero-order valence-electron chi connectivity index (χ0n) is 7.71. The van der Waals surface area contributed by atoms with E-state index in [0.717, 1.165) is 25.0 Å². The molecular formula is C10H16O2. The van der Waals surface area contributed by atoms with Gasteiger partial charge in [-0.1, -0.05) is 6.08 Å². The normalized spacial score (nSPS) is 47.1. The van der Waals surface area contributed by atoms with E-state index >= 15 is 0 Å². The molecule has 1 saturated heterocycles. The number of aliphatic hydroxyl groups is 1. The number of ether oxygens (including phenoxy) is 1. The van der Waals surface area contributed by atoms with Crippen LogP contribution >= 0.6 is 0 Å². The first kappa shape index (κ1) is 8.27. The van der Waals surface area contributed by atoms with E-state index in [9.17, 15) is 5.11 Å². The van der Waals surface area contributed by atoms with Gasteiger partial charge < -0.3 is 9.84 Å². The first-order valence-corrected chi connectivity index (χ1v) is 4.60. The van der Waals surface area contributed by atoms with Gasteiger partial charge in [-0.3, -0.25) is 0 Å². The minimum Gasteiger partial charge on any atom is -0.389 e. The maximum atomic E-state index is 9.62. The molecule has 2 heteroatoms. The molecule has 2 rings (SSSR count). The van der Waals surface area contributed by atoms with E-state index in [1.807, 2.05) is 6.92 Å². The highest BCUT2D eigenvalue weighted by Gasteiger charge is 2.47. The van der Waals surface area contributed by atoms with Gasteiger partial charge in [0, 0.05) is 0 Å². The summed E-state index contributed by atoms with van der Waals surface area (Å²) in [6.45, 7) is 5.01. The predicted molar refractivity (Wildman–Crippen MR) is 46.8 cm³/mol. The highest BCUT2D eigenvalue weighted by molar-refractivity contribution is 5.13. The lowest BCUT2D eigenvalue weighted by Gasteiger charge is -2.27. The molecule has 1 N–H and O–H groups in total. The van der Waals surface area contributed by atoms with Crippen molar-refractivity contribution in [1.82, 2.24) is 0 Å².